The number of carbonyl (C=O) groups excluding carboxylic acids is 1. The van der Waals surface area contributed by atoms with E-state index in [2.05, 4.69) is 5.32 Å². The number of ether oxygens (including phenoxy) is 1. The fourth-order valence-corrected chi connectivity index (χ4v) is 5.08. The van der Waals surface area contributed by atoms with Gasteiger partial charge in [0.05, 0.1) is 16.1 Å². The number of hydrogen-bond acceptors (Lipinski definition) is 5. The summed E-state index contributed by atoms with van der Waals surface area (Å²) in [5, 5.41) is 3.68. The van der Waals surface area contributed by atoms with Gasteiger partial charge in [0.2, 0.25) is 10.0 Å². The van der Waals surface area contributed by atoms with Gasteiger partial charge in [-0.15, -0.1) is 0 Å². The van der Waals surface area contributed by atoms with Crippen LogP contribution in [0.2, 0.25) is 10.0 Å². The van der Waals surface area contributed by atoms with Crippen LogP contribution in [-0.4, -0.2) is 62.5 Å². The van der Waals surface area contributed by atoms with Crippen molar-refractivity contribution < 1.29 is 17.9 Å². The molecule has 3 rings (SSSR count). The lowest BCUT2D eigenvalue weighted by molar-refractivity contribution is -0.125. The van der Waals surface area contributed by atoms with Crippen molar-refractivity contribution in [3.8, 4) is 5.75 Å². The van der Waals surface area contributed by atoms with E-state index in [1.165, 1.54) is 4.31 Å². The molecular weight excluding hydrogens is 449 g/mol. The Morgan fingerprint density at radius 1 is 1.10 bits per heavy atom. The lowest BCUT2D eigenvalue weighted by Crippen LogP contribution is -2.56. The molecule has 0 aliphatic carbocycles. The number of hydrogen-bond donors (Lipinski definition) is 1. The van der Waals surface area contributed by atoms with Crippen LogP contribution in [0.3, 0.4) is 0 Å². The van der Waals surface area contributed by atoms with Crippen molar-refractivity contribution in [1.29, 1.82) is 0 Å². The van der Waals surface area contributed by atoms with Gasteiger partial charge in [-0.3, -0.25) is 9.69 Å². The largest absolute Gasteiger partial charge is 0.482 e. The van der Waals surface area contributed by atoms with E-state index in [0.717, 1.165) is 0 Å². The number of carbonyl (C=O) groups is 1. The third-order valence-electron chi connectivity index (χ3n) is 4.82. The third kappa shape index (κ3) is 5.65. The highest BCUT2D eigenvalue weighted by atomic mass is 35.5. The fraction of sp³-hybridized carbons (Fsp3) is 0.350. The lowest BCUT2D eigenvalue weighted by atomic mass is 10.3. The van der Waals surface area contributed by atoms with Gasteiger partial charge in [-0.05, 0) is 37.3 Å². The SMILES string of the molecule is CC(NC(=O)COc1ccc(Cl)cc1Cl)N1CCN(S(=O)(=O)c2ccccc2)CC1. The number of rotatable bonds is 7. The van der Waals surface area contributed by atoms with E-state index in [4.69, 9.17) is 27.9 Å². The molecule has 0 bridgehead atoms. The Hall–Kier alpha value is -1.84. The molecule has 1 atom stereocenters. The minimum Gasteiger partial charge on any atom is -0.482 e. The van der Waals surface area contributed by atoms with Crippen molar-refractivity contribution in [2.24, 2.45) is 0 Å². The Kier molecular flexibility index (Phi) is 7.60. The molecule has 0 spiro atoms. The van der Waals surface area contributed by atoms with Gasteiger partial charge >= 0.3 is 0 Å². The zero-order valence-electron chi connectivity index (χ0n) is 16.4. The Labute approximate surface area is 186 Å². The summed E-state index contributed by atoms with van der Waals surface area (Å²) in [7, 11) is -3.50. The first-order chi connectivity index (χ1) is 14.3. The van der Waals surface area contributed by atoms with Gasteiger partial charge in [0.1, 0.15) is 5.75 Å². The smallest absolute Gasteiger partial charge is 0.259 e. The molecule has 1 saturated heterocycles. The maximum atomic E-state index is 12.7. The van der Waals surface area contributed by atoms with Crippen LogP contribution in [0, 0.1) is 0 Å². The number of piperazine rings is 1. The highest BCUT2D eigenvalue weighted by molar-refractivity contribution is 7.89. The molecule has 0 radical (unpaired) electrons. The molecule has 1 N–H and O–H groups in total. The lowest BCUT2D eigenvalue weighted by Gasteiger charge is -2.37. The van der Waals surface area contributed by atoms with Crippen LogP contribution in [0.4, 0.5) is 0 Å². The highest BCUT2D eigenvalue weighted by Crippen LogP contribution is 2.27. The van der Waals surface area contributed by atoms with E-state index in [-0.39, 0.29) is 23.6 Å². The first-order valence-corrected chi connectivity index (χ1v) is 11.6. The Morgan fingerprint density at radius 2 is 1.77 bits per heavy atom. The van der Waals surface area contributed by atoms with Crippen LogP contribution < -0.4 is 10.1 Å². The van der Waals surface area contributed by atoms with E-state index < -0.39 is 10.0 Å². The molecule has 1 aliphatic heterocycles. The highest BCUT2D eigenvalue weighted by Gasteiger charge is 2.30. The van der Waals surface area contributed by atoms with Crippen LogP contribution in [0.15, 0.2) is 53.4 Å². The van der Waals surface area contributed by atoms with Gasteiger partial charge in [0, 0.05) is 31.2 Å². The zero-order chi connectivity index (χ0) is 21.7. The van der Waals surface area contributed by atoms with Crippen LogP contribution >= 0.6 is 23.2 Å². The van der Waals surface area contributed by atoms with Crippen LogP contribution in [0.1, 0.15) is 6.92 Å². The zero-order valence-corrected chi connectivity index (χ0v) is 18.8. The molecule has 1 aliphatic rings. The summed E-state index contributed by atoms with van der Waals surface area (Å²) in [5.41, 5.74) is 0. The number of nitrogens with one attached hydrogen (secondary N) is 1. The maximum absolute atomic E-state index is 12.7. The summed E-state index contributed by atoms with van der Waals surface area (Å²) >= 11 is 11.9. The van der Waals surface area contributed by atoms with Crippen LogP contribution in [-0.2, 0) is 14.8 Å². The second-order valence-corrected chi connectivity index (χ2v) is 9.64. The molecule has 30 heavy (non-hydrogen) atoms. The van der Waals surface area contributed by atoms with E-state index in [1.807, 2.05) is 11.8 Å². The topological polar surface area (TPSA) is 79.0 Å². The van der Waals surface area contributed by atoms with Crippen molar-refractivity contribution in [2.45, 2.75) is 18.0 Å². The first-order valence-electron chi connectivity index (χ1n) is 9.44. The minimum absolute atomic E-state index is 0.186. The quantitative estimate of drug-likeness (QED) is 0.671. The molecule has 1 heterocycles. The monoisotopic (exact) mass is 471 g/mol. The fourth-order valence-electron chi connectivity index (χ4n) is 3.17. The van der Waals surface area contributed by atoms with Crippen molar-refractivity contribution >= 4 is 39.1 Å². The van der Waals surface area contributed by atoms with Crippen LogP contribution in [0.25, 0.3) is 0 Å². The second kappa shape index (κ2) is 9.98. The van der Waals surface area contributed by atoms with Crippen LogP contribution in [0.5, 0.6) is 5.75 Å². The van der Waals surface area contributed by atoms with Gasteiger partial charge in [-0.2, -0.15) is 4.31 Å². The van der Waals surface area contributed by atoms with Gasteiger partial charge in [-0.25, -0.2) is 8.42 Å². The first kappa shape index (κ1) is 22.8. The van der Waals surface area contributed by atoms with Gasteiger partial charge < -0.3 is 10.1 Å². The molecule has 0 saturated carbocycles. The van der Waals surface area contributed by atoms with E-state index in [9.17, 15) is 13.2 Å². The molecule has 1 unspecified atom stereocenters. The van der Waals surface area contributed by atoms with E-state index >= 15 is 0 Å². The van der Waals surface area contributed by atoms with Crippen molar-refractivity contribution in [1.82, 2.24) is 14.5 Å². The summed E-state index contributed by atoms with van der Waals surface area (Å²) in [5.74, 6) is 0.0801. The Morgan fingerprint density at radius 3 is 2.40 bits per heavy atom. The average Bonchev–Trinajstić information content (AvgIpc) is 2.74. The number of halogens is 2. The molecule has 10 heteroatoms. The number of amides is 1. The minimum atomic E-state index is -3.50. The summed E-state index contributed by atoms with van der Waals surface area (Å²) in [4.78, 5) is 14.5. The standard InChI is InChI=1S/C20H23Cl2N3O4S/c1-15(23-20(26)14-29-19-8-7-16(21)13-18(19)22)24-9-11-25(12-10-24)30(27,28)17-5-3-2-4-6-17/h2-8,13,15H,9-12,14H2,1H3,(H,23,26). The molecule has 162 valence electrons. The van der Waals surface area contributed by atoms with Crippen molar-refractivity contribution in [3.63, 3.8) is 0 Å². The van der Waals surface area contributed by atoms with E-state index in [1.54, 1.807) is 48.5 Å². The maximum Gasteiger partial charge on any atom is 0.259 e. The van der Waals surface area contributed by atoms with E-state index in [0.29, 0.717) is 42.0 Å². The Balaban J connectivity index is 1.48. The molecular formula is C20H23Cl2N3O4S. The third-order valence-corrected chi connectivity index (χ3v) is 7.27. The van der Waals surface area contributed by atoms with Gasteiger partial charge in [0.25, 0.3) is 5.91 Å². The Bertz CT molecular complexity index is 981. The molecule has 2 aromatic carbocycles. The second-order valence-electron chi connectivity index (χ2n) is 6.86. The van der Waals surface area contributed by atoms with Gasteiger partial charge in [0.15, 0.2) is 6.61 Å². The predicted octanol–water partition coefficient (Wildman–Crippen LogP) is 2.84. The molecule has 0 aromatic heterocycles. The average molecular weight is 472 g/mol. The molecule has 2 aromatic rings. The molecule has 7 nitrogen and oxygen atoms in total. The summed E-state index contributed by atoms with van der Waals surface area (Å²) in [6, 6.07) is 13.2. The summed E-state index contributed by atoms with van der Waals surface area (Å²) in [6.45, 7) is 3.40. The number of benzene rings is 2. The predicted molar refractivity (Wildman–Crippen MR) is 116 cm³/mol. The van der Waals surface area contributed by atoms with Crippen molar-refractivity contribution in [2.75, 3.05) is 32.8 Å². The summed E-state index contributed by atoms with van der Waals surface area (Å²) in [6.07, 6.45) is -0.261. The molecule has 1 fully saturated rings. The normalized spacial score (nSPS) is 16.8. The number of nitrogens with zero attached hydrogens (tertiary/aromatic N) is 2. The number of sulfonamides is 1. The molecule has 1 amide bonds. The summed E-state index contributed by atoms with van der Waals surface area (Å²) < 4.78 is 32.3. The van der Waals surface area contributed by atoms with Crippen molar-refractivity contribution in [3.05, 3.63) is 58.6 Å². The van der Waals surface area contributed by atoms with Gasteiger partial charge in [-0.1, -0.05) is 41.4 Å².